The summed E-state index contributed by atoms with van der Waals surface area (Å²) >= 11 is 1.34. The molecule has 1 aliphatic heterocycles. The second kappa shape index (κ2) is 6.94. The molecule has 0 atom stereocenters. The Kier molecular flexibility index (Phi) is 4.64. The minimum Gasteiger partial charge on any atom is -0.339 e. The van der Waals surface area contributed by atoms with Crippen LogP contribution in [-0.2, 0) is 22.9 Å². The van der Waals surface area contributed by atoms with Gasteiger partial charge >= 0.3 is 0 Å². The third kappa shape index (κ3) is 3.32. The SMILES string of the molecule is CCc1ccc(S(=O)(=O)N2CC(c3nc(Cc4ccccc4)no3)C2)s1. The van der Waals surface area contributed by atoms with Gasteiger partial charge in [0.15, 0.2) is 5.82 Å². The van der Waals surface area contributed by atoms with Gasteiger partial charge in [0.05, 0.1) is 5.92 Å². The van der Waals surface area contributed by atoms with Crippen LogP contribution in [0.4, 0.5) is 0 Å². The molecule has 1 aliphatic rings. The quantitative estimate of drug-likeness (QED) is 0.648. The third-order valence-electron chi connectivity index (χ3n) is 4.47. The molecule has 0 spiro atoms. The molecule has 136 valence electrons. The molecule has 26 heavy (non-hydrogen) atoms. The lowest BCUT2D eigenvalue weighted by atomic mass is 10.0. The van der Waals surface area contributed by atoms with E-state index < -0.39 is 10.0 Å². The topological polar surface area (TPSA) is 76.3 Å². The molecule has 0 bridgehead atoms. The van der Waals surface area contributed by atoms with Gasteiger partial charge in [0.1, 0.15) is 4.21 Å². The summed E-state index contributed by atoms with van der Waals surface area (Å²) in [6.45, 7) is 2.79. The Morgan fingerprint density at radius 1 is 1.19 bits per heavy atom. The Morgan fingerprint density at radius 3 is 2.65 bits per heavy atom. The molecule has 0 aliphatic carbocycles. The highest BCUT2D eigenvalue weighted by Crippen LogP contribution is 2.33. The minimum absolute atomic E-state index is 0.0348. The van der Waals surface area contributed by atoms with E-state index in [1.165, 1.54) is 15.6 Å². The number of benzene rings is 1. The maximum Gasteiger partial charge on any atom is 0.252 e. The van der Waals surface area contributed by atoms with E-state index >= 15 is 0 Å². The van der Waals surface area contributed by atoms with Crippen molar-refractivity contribution in [2.75, 3.05) is 13.1 Å². The highest BCUT2D eigenvalue weighted by Gasteiger charge is 2.40. The lowest BCUT2D eigenvalue weighted by Gasteiger charge is -2.35. The molecule has 6 nitrogen and oxygen atoms in total. The van der Waals surface area contributed by atoms with Gasteiger partial charge in [-0.3, -0.25) is 0 Å². The summed E-state index contributed by atoms with van der Waals surface area (Å²) in [5, 5.41) is 4.02. The van der Waals surface area contributed by atoms with Gasteiger partial charge in [0.25, 0.3) is 10.0 Å². The molecule has 1 aromatic carbocycles. The van der Waals surface area contributed by atoms with E-state index in [1.54, 1.807) is 6.07 Å². The maximum absolute atomic E-state index is 12.6. The van der Waals surface area contributed by atoms with Crippen molar-refractivity contribution in [3.05, 3.63) is 64.6 Å². The van der Waals surface area contributed by atoms with E-state index in [2.05, 4.69) is 10.1 Å². The lowest BCUT2D eigenvalue weighted by molar-refractivity contribution is 0.217. The second-order valence-corrected chi connectivity index (χ2v) is 9.64. The van der Waals surface area contributed by atoms with Crippen molar-refractivity contribution in [1.82, 2.24) is 14.4 Å². The molecule has 1 saturated heterocycles. The number of sulfonamides is 1. The summed E-state index contributed by atoms with van der Waals surface area (Å²) in [5.41, 5.74) is 1.11. The molecule has 0 unspecified atom stereocenters. The third-order valence-corrected chi connectivity index (χ3v) is 7.99. The van der Waals surface area contributed by atoms with Crippen molar-refractivity contribution in [3.63, 3.8) is 0 Å². The Hall–Kier alpha value is -2.03. The summed E-state index contributed by atoms with van der Waals surface area (Å²) in [5.74, 6) is 1.11. The van der Waals surface area contributed by atoms with Gasteiger partial charge in [-0.05, 0) is 24.1 Å². The van der Waals surface area contributed by atoms with Crippen LogP contribution in [0.3, 0.4) is 0 Å². The van der Waals surface area contributed by atoms with Gasteiger partial charge in [-0.1, -0.05) is 42.4 Å². The van der Waals surface area contributed by atoms with Crippen LogP contribution in [0, 0.1) is 0 Å². The normalized spacial score (nSPS) is 15.9. The van der Waals surface area contributed by atoms with Crippen LogP contribution >= 0.6 is 11.3 Å². The van der Waals surface area contributed by atoms with E-state index in [4.69, 9.17) is 4.52 Å². The minimum atomic E-state index is -3.41. The van der Waals surface area contributed by atoms with Gasteiger partial charge in [0, 0.05) is 24.4 Å². The highest BCUT2D eigenvalue weighted by atomic mass is 32.2. The lowest BCUT2D eigenvalue weighted by Crippen LogP contribution is -2.48. The number of rotatable bonds is 6. The summed E-state index contributed by atoms with van der Waals surface area (Å²) < 4.78 is 32.5. The first-order chi connectivity index (χ1) is 12.6. The molecule has 0 N–H and O–H groups in total. The first-order valence-electron chi connectivity index (χ1n) is 8.51. The molecule has 3 heterocycles. The van der Waals surface area contributed by atoms with Crippen molar-refractivity contribution < 1.29 is 12.9 Å². The number of nitrogens with zero attached hydrogens (tertiary/aromatic N) is 3. The predicted octanol–water partition coefficient (Wildman–Crippen LogP) is 3.07. The second-order valence-electron chi connectivity index (χ2n) is 6.30. The zero-order valence-electron chi connectivity index (χ0n) is 14.3. The van der Waals surface area contributed by atoms with Crippen LogP contribution in [0.1, 0.15) is 35.0 Å². The molecule has 0 radical (unpaired) electrons. The standard InChI is InChI=1S/C18H19N3O3S2/c1-2-15-8-9-17(25-15)26(22,23)21-11-14(12-21)18-19-16(20-24-18)10-13-6-4-3-5-7-13/h3-9,14H,2,10-12H2,1H3. The smallest absolute Gasteiger partial charge is 0.252 e. The average Bonchev–Trinajstić information content (AvgIpc) is 3.24. The fraction of sp³-hybridized carbons (Fsp3) is 0.333. The van der Waals surface area contributed by atoms with Gasteiger partial charge in [0.2, 0.25) is 5.89 Å². The van der Waals surface area contributed by atoms with Gasteiger partial charge in [-0.15, -0.1) is 11.3 Å². The van der Waals surface area contributed by atoms with Crippen LogP contribution in [0.5, 0.6) is 0 Å². The largest absolute Gasteiger partial charge is 0.339 e. The Bertz CT molecular complexity index is 990. The van der Waals surface area contributed by atoms with Crippen molar-refractivity contribution in [2.45, 2.75) is 29.9 Å². The molecular weight excluding hydrogens is 370 g/mol. The molecular formula is C18H19N3O3S2. The monoisotopic (exact) mass is 389 g/mol. The fourth-order valence-corrected chi connectivity index (χ4v) is 5.87. The molecule has 1 fully saturated rings. The summed E-state index contributed by atoms with van der Waals surface area (Å²) in [6, 6.07) is 13.5. The molecule has 4 rings (SSSR count). The Morgan fingerprint density at radius 2 is 1.96 bits per heavy atom. The van der Waals surface area contributed by atoms with Crippen LogP contribution in [-0.4, -0.2) is 36.0 Å². The van der Waals surface area contributed by atoms with Crippen LogP contribution < -0.4 is 0 Å². The van der Waals surface area contributed by atoms with E-state index in [0.29, 0.717) is 35.4 Å². The van der Waals surface area contributed by atoms with Gasteiger partial charge < -0.3 is 4.52 Å². The zero-order valence-corrected chi connectivity index (χ0v) is 16.0. The number of hydrogen-bond donors (Lipinski definition) is 0. The van der Waals surface area contributed by atoms with Crippen LogP contribution in [0.25, 0.3) is 0 Å². The fourth-order valence-electron chi connectivity index (χ4n) is 2.89. The molecule has 3 aromatic rings. The van der Waals surface area contributed by atoms with Crippen LogP contribution in [0.15, 0.2) is 51.2 Å². The van der Waals surface area contributed by atoms with E-state index in [1.807, 2.05) is 43.3 Å². The summed E-state index contributed by atoms with van der Waals surface area (Å²) in [4.78, 5) is 5.51. The summed E-state index contributed by atoms with van der Waals surface area (Å²) in [7, 11) is -3.41. The van der Waals surface area contributed by atoms with Crippen molar-refractivity contribution in [3.8, 4) is 0 Å². The first-order valence-corrected chi connectivity index (χ1v) is 10.8. The number of thiophene rings is 1. The highest BCUT2D eigenvalue weighted by molar-refractivity contribution is 7.91. The van der Waals surface area contributed by atoms with E-state index in [-0.39, 0.29) is 5.92 Å². The Labute approximate surface area is 156 Å². The predicted molar refractivity (Wildman–Crippen MR) is 98.7 cm³/mol. The number of aryl methyl sites for hydroxylation is 1. The molecule has 8 heteroatoms. The van der Waals surface area contributed by atoms with Crippen molar-refractivity contribution >= 4 is 21.4 Å². The number of aromatic nitrogens is 2. The maximum atomic E-state index is 12.6. The molecule has 2 aromatic heterocycles. The molecule has 0 amide bonds. The Balaban J connectivity index is 1.40. The number of hydrogen-bond acceptors (Lipinski definition) is 6. The van der Waals surface area contributed by atoms with Crippen molar-refractivity contribution in [2.24, 2.45) is 0 Å². The van der Waals surface area contributed by atoms with E-state index in [9.17, 15) is 8.42 Å². The first kappa shape index (κ1) is 17.4. The van der Waals surface area contributed by atoms with Crippen LogP contribution in [0.2, 0.25) is 0 Å². The molecule has 0 saturated carbocycles. The van der Waals surface area contributed by atoms with Crippen molar-refractivity contribution in [1.29, 1.82) is 0 Å². The summed E-state index contributed by atoms with van der Waals surface area (Å²) in [6.07, 6.45) is 1.45. The van der Waals surface area contributed by atoms with Gasteiger partial charge in [-0.25, -0.2) is 8.42 Å². The average molecular weight is 390 g/mol. The van der Waals surface area contributed by atoms with Gasteiger partial charge in [-0.2, -0.15) is 9.29 Å². The van der Waals surface area contributed by atoms with E-state index in [0.717, 1.165) is 16.9 Å². The zero-order chi connectivity index (χ0) is 18.1.